The highest BCUT2D eigenvalue weighted by atomic mass is 19.1. The van der Waals surface area contributed by atoms with Crippen LogP contribution in [0, 0.1) is 5.82 Å². The van der Waals surface area contributed by atoms with Gasteiger partial charge in [0.15, 0.2) is 0 Å². The molecule has 0 saturated heterocycles. The number of hydrogen-bond donors (Lipinski definition) is 1. The molecular formula is C15H17FN2. The van der Waals surface area contributed by atoms with Gasteiger partial charge in [0.05, 0.1) is 5.69 Å². The van der Waals surface area contributed by atoms with Crippen molar-refractivity contribution in [3.05, 3.63) is 59.9 Å². The van der Waals surface area contributed by atoms with Crippen LogP contribution in [0.1, 0.15) is 5.56 Å². The number of benzene rings is 2. The predicted molar refractivity (Wildman–Crippen MR) is 74.5 cm³/mol. The summed E-state index contributed by atoms with van der Waals surface area (Å²) in [4.78, 5) is 1.91. The Morgan fingerprint density at radius 2 is 1.89 bits per heavy atom. The third-order valence-corrected chi connectivity index (χ3v) is 2.90. The fourth-order valence-corrected chi connectivity index (χ4v) is 1.95. The van der Waals surface area contributed by atoms with E-state index in [0.29, 0.717) is 12.2 Å². The van der Waals surface area contributed by atoms with Gasteiger partial charge >= 0.3 is 0 Å². The minimum atomic E-state index is -0.190. The summed E-state index contributed by atoms with van der Waals surface area (Å²) in [7, 11) is 3.78. The molecule has 2 aromatic rings. The Balaban J connectivity index is 2.16. The summed E-state index contributed by atoms with van der Waals surface area (Å²) in [5.74, 6) is -0.190. The minimum absolute atomic E-state index is 0.190. The normalized spacial score (nSPS) is 10.2. The molecule has 0 saturated carbocycles. The lowest BCUT2D eigenvalue weighted by Gasteiger charge is -2.20. The standard InChI is InChI=1S/C15H17FN2/c1-17-13-7-5-6-12(10-13)11-18(2)15-9-4-3-8-14(15)16/h3-10,17H,11H2,1-2H3. The zero-order valence-corrected chi connectivity index (χ0v) is 10.7. The highest BCUT2D eigenvalue weighted by molar-refractivity contribution is 5.49. The van der Waals surface area contributed by atoms with Crippen molar-refractivity contribution in [2.75, 3.05) is 24.3 Å². The molecule has 2 aromatic carbocycles. The number of anilines is 2. The van der Waals surface area contributed by atoms with E-state index in [0.717, 1.165) is 11.3 Å². The maximum Gasteiger partial charge on any atom is 0.146 e. The molecule has 2 nitrogen and oxygen atoms in total. The Bertz CT molecular complexity index is 525. The molecule has 3 heteroatoms. The average Bonchev–Trinajstić information content (AvgIpc) is 2.39. The monoisotopic (exact) mass is 244 g/mol. The molecule has 0 atom stereocenters. The van der Waals surface area contributed by atoms with Crippen LogP contribution in [0.4, 0.5) is 15.8 Å². The summed E-state index contributed by atoms with van der Waals surface area (Å²) in [5, 5.41) is 3.10. The number of nitrogens with one attached hydrogen (secondary N) is 1. The number of hydrogen-bond acceptors (Lipinski definition) is 2. The van der Waals surface area contributed by atoms with Crippen LogP contribution in [-0.4, -0.2) is 14.1 Å². The summed E-state index contributed by atoms with van der Waals surface area (Å²) in [5.41, 5.74) is 2.83. The van der Waals surface area contributed by atoms with Gasteiger partial charge in [-0.1, -0.05) is 24.3 Å². The van der Waals surface area contributed by atoms with Crippen LogP contribution >= 0.6 is 0 Å². The van der Waals surface area contributed by atoms with Crippen molar-refractivity contribution in [2.24, 2.45) is 0 Å². The van der Waals surface area contributed by atoms with Gasteiger partial charge in [0.1, 0.15) is 5.82 Å². The summed E-state index contributed by atoms with van der Waals surface area (Å²) >= 11 is 0. The van der Waals surface area contributed by atoms with Crippen LogP contribution in [-0.2, 0) is 6.54 Å². The molecule has 0 unspecified atom stereocenters. The lowest BCUT2D eigenvalue weighted by molar-refractivity contribution is 0.622. The molecule has 0 aliphatic rings. The molecular weight excluding hydrogens is 227 g/mol. The van der Waals surface area contributed by atoms with E-state index in [1.807, 2.05) is 43.3 Å². The number of nitrogens with zero attached hydrogens (tertiary/aromatic N) is 1. The zero-order chi connectivity index (χ0) is 13.0. The molecule has 0 aliphatic carbocycles. The number of para-hydroxylation sites is 1. The molecule has 0 radical (unpaired) electrons. The van der Waals surface area contributed by atoms with E-state index in [1.54, 1.807) is 12.1 Å². The smallest absolute Gasteiger partial charge is 0.146 e. The van der Waals surface area contributed by atoms with E-state index < -0.39 is 0 Å². The van der Waals surface area contributed by atoms with E-state index in [-0.39, 0.29) is 5.82 Å². The summed E-state index contributed by atoms with van der Waals surface area (Å²) in [6.07, 6.45) is 0. The molecule has 0 fully saturated rings. The molecule has 0 amide bonds. The van der Waals surface area contributed by atoms with Crippen LogP contribution in [0.5, 0.6) is 0 Å². The van der Waals surface area contributed by atoms with Crippen LogP contribution in [0.15, 0.2) is 48.5 Å². The first-order valence-electron chi connectivity index (χ1n) is 5.93. The van der Waals surface area contributed by atoms with Crippen molar-refractivity contribution in [1.82, 2.24) is 0 Å². The Morgan fingerprint density at radius 3 is 2.61 bits per heavy atom. The molecule has 2 rings (SSSR count). The van der Waals surface area contributed by atoms with Gasteiger partial charge in [0, 0.05) is 26.3 Å². The number of rotatable bonds is 4. The van der Waals surface area contributed by atoms with Gasteiger partial charge < -0.3 is 10.2 Å². The second-order valence-corrected chi connectivity index (χ2v) is 4.26. The lowest BCUT2D eigenvalue weighted by Crippen LogP contribution is -2.17. The van der Waals surface area contributed by atoms with Gasteiger partial charge in [0.25, 0.3) is 0 Å². The largest absolute Gasteiger partial charge is 0.388 e. The Kier molecular flexibility index (Phi) is 3.82. The molecule has 0 aromatic heterocycles. The van der Waals surface area contributed by atoms with E-state index in [4.69, 9.17) is 0 Å². The maximum atomic E-state index is 13.6. The highest BCUT2D eigenvalue weighted by Gasteiger charge is 2.07. The van der Waals surface area contributed by atoms with Gasteiger partial charge in [-0.2, -0.15) is 0 Å². The van der Waals surface area contributed by atoms with Crippen molar-refractivity contribution < 1.29 is 4.39 Å². The molecule has 0 aliphatic heterocycles. The SMILES string of the molecule is CNc1cccc(CN(C)c2ccccc2F)c1. The van der Waals surface area contributed by atoms with Crippen molar-refractivity contribution in [2.45, 2.75) is 6.54 Å². The van der Waals surface area contributed by atoms with Gasteiger partial charge in [-0.25, -0.2) is 4.39 Å². The van der Waals surface area contributed by atoms with Gasteiger partial charge in [-0.05, 0) is 29.8 Å². The van der Waals surface area contributed by atoms with Crippen LogP contribution in [0.2, 0.25) is 0 Å². The molecule has 1 N–H and O–H groups in total. The fraction of sp³-hybridized carbons (Fsp3) is 0.200. The van der Waals surface area contributed by atoms with Crippen LogP contribution in [0.25, 0.3) is 0 Å². The predicted octanol–water partition coefficient (Wildman–Crippen LogP) is 3.50. The molecule has 0 heterocycles. The first-order valence-corrected chi connectivity index (χ1v) is 5.93. The van der Waals surface area contributed by atoms with E-state index >= 15 is 0 Å². The van der Waals surface area contributed by atoms with E-state index in [9.17, 15) is 4.39 Å². The second kappa shape index (κ2) is 5.54. The fourth-order valence-electron chi connectivity index (χ4n) is 1.95. The first kappa shape index (κ1) is 12.4. The molecule has 18 heavy (non-hydrogen) atoms. The molecule has 0 bridgehead atoms. The van der Waals surface area contributed by atoms with Gasteiger partial charge in [-0.3, -0.25) is 0 Å². The lowest BCUT2D eigenvalue weighted by atomic mass is 10.2. The topological polar surface area (TPSA) is 15.3 Å². The van der Waals surface area contributed by atoms with Crippen LogP contribution in [0.3, 0.4) is 0 Å². The second-order valence-electron chi connectivity index (χ2n) is 4.26. The minimum Gasteiger partial charge on any atom is -0.388 e. The maximum absolute atomic E-state index is 13.6. The molecule has 94 valence electrons. The van der Waals surface area contributed by atoms with Gasteiger partial charge in [0.2, 0.25) is 0 Å². The van der Waals surface area contributed by atoms with E-state index in [1.165, 1.54) is 6.07 Å². The van der Waals surface area contributed by atoms with Crippen molar-refractivity contribution in [1.29, 1.82) is 0 Å². The third kappa shape index (κ3) is 2.80. The van der Waals surface area contributed by atoms with Crippen molar-refractivity contribution in [3.63, 3.8) is 0 Å². The zero-order valence-electron chi connectivity index (χ0n) is 10.7. The Hall–Kier alpha value is -2.03. The Labute approximate surface area is 107 Å². The Morgan fingerprint density at radius 1 is 1.11 bits per heavy atom. The summed E-state index contributed by atoms with van der Waals surface area (Å²) in [6.45, 7) is 0.677. The van der Waals surface area contributed by atoms with Crippen molar-refractivity contribution >= 4 is 11.4 Å². The van der Waals surface area contributed by atoms with Gasteiger partial charge in [-0.15, -0.1) is 0 Å². The quantitative estimate of drug-likeness (QED) is 0.885. The summed E-state index contributed by atoms with van der Waals surface area (Å²) < 4.78 is 13.6. The van der Waals surface area contributed by atoms with E-state index in [2.05, 4.69) is 11.4 Å². The van der Waals surface area contributed by atoms with Crippen LogP contribution < -0.4 is 10.2 Å². The first-order chi connectivity index (χ1) is 8.70. The highest BCUT2D eigenvalue weighted by Crippen LogP contribution is 2.20. The molecule has 0 spiro atoms. The summed E-state index contributed by atoms with van der Waals surface area (Å²) in [6, 6.07) is 14.9. The average molecular weight is 244 g/mol. The van der Waals surface area contributed by atoms with Crippen molar-refractivity contribution in [3.8, 4) is 0 Å². The number of halogens is 1. The third-order valence-electron chi connectivity index (χ3n) is 2.90.